The molecule has 0 aliphatic rings. The molecular weight excluding hydrogens is 292 g/mol. The normalized spacial score (nSPS) is 10.5. The monoisotopic (exact) mass is 308 g/mol. The van der Waals surface area contributed by atoms with E-state index in [9.17, 15) is 4.79 Å². The Kier molecular flexibility index (Phi) is 4.05. The van der Waals surface area contributed by atoms with Crippen LogP contribution in [0, 0.1) is 0 Å². The number of nitrogens with two attached hydrogens (primary N) is 1. The fourth-order valence-electron chi connectivity index (χ4n) is 2.24. The molecule has 3 aromatic rings. The number of hydrogen-bond donors (Lipinski definition) is 2. The van der Waals surface area contributed by atoms with Gasteiger partial charge in [0.05, 0.1) is 18.0 Å². The van der Waals surface area contributed by atoms with Crippen molar-refractivity contribution in [3.05, 3.63) is 59.1 Å². The van der Waals surface area contributed by atoms with Crippen molar-refractivity contribution in [2.75, 3.05) is 12.3 Å². The molecule has 0 unspecified atom stereocenters. The van der Waals surface area contributed by atoms with Crippen LogP contribution in [-0.2, 0) is 0 Å². The van der Waals surface area contributed by atoms with E-state index in [1.807, 2.05) is 19.1 Å². The van der Waals surface area contributed by atoms with Crippen molar-refractivity contribution in [2.24, 2.45) is 0 Å². The first-order valence-corrected chi connectivity index (χ1v) is 7.22. The number of rotatable bonds is 4. The summed E-state index contributed by atoms with van der Waals surface area (Å²) < 4.78 is 5.42. The van der Waals surface area contributed by atoms with Crippen LogP contribution in [0.2, 0.25) is 0 Å². The van der Waals surface area contributed by atoms with Crippen molar-refractivity contribution in [1.29, 1.82) is 0 Å². The molecule has 23 heavy (non-hydrogen) atoms. The van der Waals surface area contributed by atoms with Crippen LogP contribution >= 0.6 is 0 Å². The minimum atomic E-state index is -0.235. The third-order valence-electron chi connectivity index (χ3n) is 3.28. The fourth-order valence-corrected chi connectivity index (χ4v) is 2.24. The van der Waals surface area contributed by atoms with E-state index in [1.54, 1.807) is 30.6 Å². The van der Waals surface area contributed by atoms with E-state index in [0.29, 0.717) is 29.6 Å². The van der Waals surface area contributed by atoms with Gasteiger partial charge >= 0.3 is 0 Å². The second kappa shape index (κ2) is 6.31. The second-order valence-electron chi connectivity index (χ2n) is 4.91. The van der Waals surface area contributed by atoms with Crippen LogP contribution in [0.1, 0.15) is 6.92 Å². The van der Waals surface area contributed by atoms with E-state index in [4.69, 9.17) is 10.5 Å². The predicted octanol–water partition coefficient (Wildman–Crippen LogP) is 2.48. The molecule has 0 saturated carbocycles. The Morgan fingerprint density at radius 1 is 1.22 bits per heavy atom. The van der Waals surface area contributed by atoms with Gasteiger partial charge in [-0.25, -0.2) is 4.98 Å². The van der Waals surface area contributed by atoms with E-state index in [0.717, 1.165) is 11.1 Å². The lowest BCUT2D eigenvalue weighted by Crippen LogP contribution is -2.08. The number of nitrogens with one attached hydrogen (secondary N) is 1. The van der Waals surface area contributed by atoms with E-state index >= 15 is 0 Å². The number of aromatic amines is 1. The van der Waals surface area contributed by atoms with Crippen LogP contribution in [0.15, 0.2) is 53.6 Å². The standard InChI is InChI=1S/C17H16N4O2/c1-2-23-15-6-5-11(8-13(15)18)14-9-16(22)21-17(20-14)12-4-3-7-19-10-12/h3-10H,2,18H2,1H3,(H,20,21,22). The maximum Gasteiger partial charge on any atom is 0.251 e. The number of H-pyrrole nitrogens is 1. The zero-order valence-electron chi connectivity index (χ0n) is 12.6. The number of hydrogen-bond acceptors (Lipinski definition) is 5. The summed E-state index contributed by atoms with van der Waals surface area (Å²) in [5, 5.41) is 0. The first-order valence-electron chi connectivity index (χ1n) is 7.22. The van der Waals surface area contributed by atoms with Crippen molar-refractivity contribution in [3.63, 3.8) is 0 Å². The van der Waals surface area contributed by atoms with Crippen molar-refractivity contribution in [1.82, 2.24) is 15.0 Å². The van der Waals surface area contributed by atoms with Gasteiger partial charge in [0, 0.05) is 29.6 Å². The lowest BCUT2D eigenvalue weighted by atomic mass is 10.1. The van der Waals surface area contributed by atoms with E-state index in [1.165, 1.54) is 6.07 Å². The van der Waals surface area contributed by atoms with Gasteiger partial charge in [0.1, 0.15) is 11.6 Å². The summed E-state index contributed by atoms with van der Waals surface area (Å²) in [5.41, 5.74) is 8.29. The van der Waals surface area contributed by atoms with Gasteiger partial charge in [-0.15, -0.1) is 0 Å². The van der Waals surface area contributed by atoms with Gasteiger partial charge in [-0.2, -0.15) is 0 Å². The predicted molar refractivity (Wildman–Crippen MR) is 89.1 cm³/mol. The van der Waals surface area contributed by atoms with Gasteiger partial charge in [0.2, 0.25) is 0 Å². The summed E-state index contributed by atoms with van der Waals surface area (Å²) in [6.45, 7) is 2.43. The largest absolute Gasteiger partial charge is 0.492 e. The van der Waals surface area contributed by atoms with E-state index in [-0.39, 0.29) is 5.56 Å². The second-order valence-corrected chi connectivity index (χ2v) is 4.91. The molecule has 0 spiro atoms. The maximum absolute atomic E-state index is 11.9. The highest BCUT2D eigenvalue weighted by Crippen LogP contribution is 2.27. The average molecular weight is 308 g/mol. The molecule has 0 atom stereocenters. The molecule has 3 rings (SSSR count). The molecule has 0 saturated heterocycles. The molecule has 0 aliphatic heterocycles. The van der Waals surface area contributed by atoms with Gasteiger partial charge in [0.25, 0.3) is 5.56 Å². The molecular formula is C17H16N4O2. The summed E-state index contributed by atoms with van der Waals surface area (Å²) >= 11 is 0. The van der Waals surface area contributed by atoms with Crippen molar-refractivity contribution >= 4 is 5.69 Å². The smallest absolute Gasteiger partial charge is 0.251 e. The third kappa shape index (κ3) is 3.21. The molecule has 0 fully saturated rings. The van der Waals surface area contributed by atoms with Crippen molar-refractivity contribution in [3.8, 4) is 28.4 Å². The first-order chi connectivity index (χ1) is 11.2. The highest BCUT2D eigenvalue weighted by Gasteiger charge is 2.08. The molecule has 1 aromatic carbocycles. The number of nitrogen functional groups attached to an aromatic ring is 1. The van der Waals surface area contributed by atoms with Gasteiger partial charge < -0.3 is 15.5 Å². The summed E-state index contributed by atoms with van der Waals surface area (Å²) in [5.74, 6) is 1.08. The van der Waals surface area contributed by atoms with Crippen LogP contribution in [-0.4, -0.2) is 21.6 Å². The molecule has 0 radical (unpaired) electrons. The van der Waals surface area contributed by atoms with E-state index < -0.39 is 0 Å². The topological polar surface area (TPSA) is 93.9 Å². The first kappa shape index (κ1) is 14.8. The molecule has 6 heteroatoms. The maximum atomic E-state index is 11.9. The van der Waals surface area contributed by atoms with Gasteiger partial charge in [0.15, 0.2) is 0 Å². The molecule has 0 amide bonds. The number of anilines is 1. The van der Waals surface area contributed by atoms with Gasteiger partial charge in [-0.1, -0.05) is 0 Å². The lowest BCUT2D eigenvalue weighted by molar-refractivity contribution is 0.342. The van der Waals surface area contributed by atoms with Crippen LogP contribution in [0.4, 0.5) is 5.69 Å². The summed E-state index contributed by atoms with van der Waals surface area (Å²) in [7, 11) is 0. The Balaban J connectivity index is 2.05. The fraction of sp³-hybridized carbons (Fsp3) is 0.118. The van der Waals surface area contributed by atoms with Crippen LogP contribution in [0.3, 0.4) is 0 Å². The molecule has 6 nitrogen and oxygen atoms in total. The van der Waals surface area contributed by atoms with E-state index in [2.05, 4.69) is 15.0 Å². The minimum Gasteiger partial charge on any atom is -0.492 e. The summed E-state index contributed by atoms with van der Waals surface area (Å²) in [6, 6.07) is 10.4. The highest BCUT2D eigenvalue weighted by molar-refractivity contribution is 5.69. The number of nitrogens with zero attached hydrogens (tertiary/aromatic N) is 2. The Hall–Kier alpha value is -3.15. The molecule has 116 valence electrons. The Morgan fingerprint density at radius 2 is 2.09 bits per heavy atom. The minimum absolute atomic E-state index is 0.235. The van der Waals surface area contributed by atoms with Crippen LogP contribution in [0.5, 0.6) is 5.75 Å². The van der Waals surface area contributed by atoms with Gasteiger partial charge in [-0.3, -0.25) is 9.78 Å². The SMILES string of the molecule is CCOc1ccc(-c2cc(=O)[nH]c(-c3cccnc3)n2)cc1N. The third-order valence-corrected chi connectivity index (χ3v) is 3.28. The summed E-state index contributed by atoms with van der Waals surface area (Å²) in [6.07, 6.45) is 3.31. The average Bonchev–Trinajstić information content (AvgIpc) is 2.57. The van der Waals surface area contributed by atoms with Crippen LogP contribution < -0.4 is 16.0 Å². The number of pyridine rings is 1. The molecule has 2 heterocycles. The zero-order valence-corrected chi connectivity index (χ0v) is 12.6. The summed E-state index contributed by atoms with van der Waals surface area (Å²) in [4.78, 5) is 23.2. The number of benzene rings is 1. The molecule has 2 aromatic heterocycles. The lowest BCUT2D eigenvalue weighted by Gasteiger charge is -2.09. The quantitative estimate of drug-likeness (QED) is 0.722. The Morgan fingerprint density at radius 3 is 2.78 bits per heavy atom. The Bertz CT molecular complexity index is 875. The van der Waals surface area contributed by atoms with Crippen molar-refractivity contribution < 1.29 is 4.74 Å². The molecule has 0 aliphatic carbocycles. The highest BCUT2D eigenvalue weighted by atomic mass is 16.5. The molecule has 3 N–H and O–H groups in total. The van der Waals surface area contributed by atoms with Crippen LogP contribution in [0.25, 0.3) is 22.6 Å². The number of aromatic nitrogens is 3. The van der Waals surface area contributed by atoms with Gasteiger partial charge in [-0.05, 0) is 37.3 Å². The molecule has 0 bridgehead atoms. The zero-order chi connectivity index (χ0) is 16.2. The Labute approximate surface area is 133 Å². The van der Waals surface area contributed by atoms with Crippen molar-refractivity contribution in [2.45, 2.75) is 6.92 Å². The number of ether oxygens (including phenoxy) is 1.